The standard InChI is InChI=1S/C18H25NO3/c1-13-3-7-16(8-4-13)22-12-17(20)19-10-9-18(21,14(2)11-19)15-5-6-15/h3-4,7-8,14-15,21H,5-6,9-12H2,1-2H3/t14-,18+/m1/s1. The lowest BCUT2D eigenvalue weighted by Crippen LogP contribution is -2.54. The van der Waals surface area contributed by atoms with E-state index in [1.165, 1.54) is 5.56 Å². The lowest BCUT2D eigenvalue weighted by molar-refractivity contribution is -0.143. The first-order chi connectivity index (χ1) is 10.5. The Morgan fingerprint density at radius 2 is 2.05 bits per heavy atom. The third-order valence-corrected chi connectivity index (χ3v) is 5.15. The lowest BCUT2D eigenvalue weighted by atomic mass is 9.78. The highest BCUT2D eigenvalue weighted by molar-refractivity contribution is 5.78. The minimum absolute atomic E-state index is 0.00488. The summed E-state index contributed by atoms with van der Waals surface area (Å²) >= 11 is 0. The molecule has 0 spiro atoms. The zero-order chi connectivity index (χ0) is 15.7. The van der Waals surface area contributed by atoms with Crippen LogP contribution in [0.2, 0.25) is 0 Å². The van der Waals surface area contributed by atoms with Crippen molar-refractivity contribution >= 4 is 5.91 Å². The van der Waals surface area contributed by atoms with Crippen LogP contribution in [0.5, 0.6) is 5.75 Å². The van der Waals surface area contributed by atoms with Crippen LogP contribution in [0.3, 0.4) is 0 Å². The smallest absolute Gasteiger partial charge is 0.260 e. The van der Waals surface area contributed by atoms with E-state index in [4.69, 9.17) is 4.74 Å². The van der Waals surface area contributed by atoms with E-state index in [1.807, 2.05) is 36.1 Å². The first kappa shape index (κ1) is 15.3. The molecule has 1 saturated heterocycles. The third-order valence-electron chi connectivity index (χ3n) is 5.15. The van der Waals surface area contributed by atoms with Gasteiger partial charge in [0.25, 0.3) is 5.91 Å². The molecule has 3 rings (SSSR count). The molecule has 1 heterocycles. The first-order valence-electron chi connectivity index (χ1n) is 8.18. The van der Waals surface area contributed by atoms with E-state index in [9.17, 15) is 9.90 Å². The summed E-state index contributed by atoms with van der Waals surface area (Å²) in [5.74, 6) is 1.31. The Hall–Kier alpha value is -1.55. The summed E-state index contributed by atoms with van der Waals surface area (Å²) in [6.07, 6.45) is 2.95. The van der Waals surface area contributed by atoms with Crippen LogP contribution < -0.4 is 4.74 Å². The largest absolute Gasteiger partial charge is 0.484 e. The lowest BCUT2D eigenvalue weighted by Gasteiger charge is -2.43. The number of rotatable bonds is 4. The van der Waals surface area contributed by atoms with E-state index in [-0.39, 0.29) is 18.4 Å². The van der Waals surface area contributed by atoms with Gasteiger partial charge in [-0.05, 0) is 44.2 Å². The molecular weight excluding hydrogens is 278 g/mol. The van der Waals surface area contributed by atoms with Crippen molar-refractivity contribution in [1.82, 2.24) is 4.90 Å². The zero-order valence-corrected chi connectivity index (χ0v) is 13.4. The second-order valence-electron chi connectivity index (χ2n) is 6.86. The van der Waals surface area contributed by atoms with Crippen LogP contribution >= 0.6 is 0 Å². The Bertz CT molecular complexity index is 538. The van der Waals surface area contributed by atoms with E-state index in [2.05, 4.69) is 6.92 Å². The van der Waals surface area contributed by atoms with E-state index < -0.39 is 5.60 Å². The Morgan fingerprint density at radius 1 is 1.36 bits per heavy atom. The number of hydrogen-bond acceptors (Lipinski definition) is 3. The van der Waals surface area contributed by atoms with Gasteiger partial charge in [0.05, 0.1) is 5.60 Å². The van der Waals surface area contributed by atoms with Crippen LogP contribution in [-0.4, -0.2) is 41.2 Å². The molecule has 4 heteroatoms. The van der Waals surface area contributed by atoms with Crippen molar-refractivity contribution in [2.24, 2.45) is 11.8 Å². The Labute approximate surface area is 132 Å². The summed E-state index contributed by atoms with van der Waals surface area (Å²) in [6, 6.07) is 7.71. The summed E-state index contributed by atoms with van der Waals surface area (Å²) in [5, 5.41) is 10.7. The van der Waals surface area contributed by atoms with Crippen molar-refractivity contribution in [2.45, 2.75) is 38.7 Å². The van der Waals surface area contributed by atoms with Crippen LogP contribution in [0.15, 0.2) is 24.3 Å². The molecule has 1 aromatic carbocycles. The van der Waals surface area contributed by atoms with Crippen LogP contribution in [0.25, 0.3) is 0 Å². The molecule has 4 nitrogen and oxygen atoms in total. The Kier molecular flexibility index (Phi) is 4.13. The number of likely N-dealkylation sites (tertiary alicyclic amines) is 1. The van der Waals surface area contributed by atoms with Gasteiger partial charge in [0.2, 0.25) is 0 Å². The highest BCUT2D eigenvalue weighted by Crippen LogP contribution is 2.47. The normalized spacial score (nSPS) is 28.5. The van der Waals surface area contributed by atoms with E-state index >= 15 is 0 Å². The highest BCUT2D eigenvalue weighted by Gasteiger charge is 2.50. The summed E-state index contributed by atoms with van der Waals surface area (Å²) < 4.78 is 5.57. The van der Waals surface area contributed by atoms with Gasteiger partial charge in [-0.1, -0.05) is 24.6 Å². The Balaban J connectivity index is 1.52. The predicted molar refractivity (Wildman–Crippen MR) is 84.7 cm³/mol. The van der Waals surface area contributed by atoms with Crippen molar-refractivity contribution in [2.75, 3.05) is 19.7 Å². The fourth-order valence-electron chi connectivity index (χ4n) is 3.43. The number of piperidine rings is 1. The third kappa shape index (κ3) is 3.12. The van der Waals surface area contributed by atoms with Crippen LogP contribution in [0.1, 0.15) is 31.7 Å². The molecule has 1 saturated carbocycles. The average molecular weight is 303 g/mol. The van der Waals surface area contributed by atoms with Gasteiger partial charge in [0.1, 0.15) is 5.75 Å². The van der Waals surface area contributed by atoms with Gasteiger partial charge < -0.3 is 14.7 Å². The molecule has 2 atom stereocenters. The number of hydrogen-bond donors (Lipinski definition) is 1. The molecule has 1 amide bonds. The topological polar surface area (TPSA) is 49.8 Å². The number of aliphatic hydroxyl groups is 1. The maximum absolute atomic E-state index is 12.3. The summed E-state index contributed by atoms with van der Waals surface area (Å²) in [4.78, 5) is 14.1. The molecule has 0 bridgehead atoms. The number of aryl methyl sites for hydroxylation is 1. The number of nitrogens with zero attached hydrogens (tertiary/aromatic N) is 1. The second-order valence-corrected chi connectivity index (χ2v) is 6.86. The molecule has 1 aromatic rings. The molecule has 120 valence electrons. The SMILES string of the molecule is Cc1ccc(OCC(=O)N2CC[C@@](O)(C3CC3)[C@H](C)C2)cc1. The van der Waals surface area contributed by atoms with Crippen molar-refractivity contribution in [3.05, 3.63) is 29.8 Å². The fourth-order valence-corrected chi connectivity index (χ4v) is 3.43. The molecule has 22 heavy (non-hydrogen) atoms. The van der Waals surface area contributed by atoms with Crippen LogP contribution in [-0.2, 0) is 4.79 Å². The molecular formula is C18H25NO3. The maximum atomic E-state index is 12.3. The zero-order valence-electron chi connectivity index (χ0n) is 13.4. The molecule has 0 radical (unpaired) electrons. The number of carbonyl (C=O) groups excluding carboxylic acids is 1. The van der Waals surface area contributed by atoms with E-state index in [1.54, 1.807) is 0 Å². The molecule has 0 unspecified atom stereocenters. The average Bonchev–Trinajstić information content (AvgIpc) is 3.34. The first-order valence-corrected chi connectivity index (χ1v) is 8.18. The molecule has 1 aliphatic heterocycles. The number of ether oxygens (including phenoxy) is 1. The molecule has 1 aliphatic carbocycles. The summed E-state index contributed by atoms with van der Waals surface area (Å²) in [7, 11) is 0. The van der Waals surface area contributed by atoms with Crippen molar-refractivity contribution in [1.29, 1.82) is 0 Å². The van der Waals surface area contributed by atoms with Gasteiger partial charge in [0.15, 0.2) is 6.61 Å². The number of amides is 1. The summed E-state index contributed by atoms with van der Waals surface area (Å²) in [6.45, 7) is 5.40. The van der Waals surface area contributed by atoms with E-state index in [0.29, 0.717) is 25.4 Å². The second kappa shape index (κ2) is 5.92. The van der Waals surface area contributed by atoms with Crippen molar-refractivity contribution in [3.63, 3.8) is 0 Å². The fraction of sp³-hybridized carbons (Fsp3) is 0.611. The number of carbonyl (C=O) groups is 1. The minimum atomic E-state index is -0.561. The predicted octanol–water partition coefficient (Wildman–Crippen LogP) is 2.38. The highest BCUT2D eigenvalue weighted by atomic mass is 16.5. The van der Waals surface area contributed by atoms with Crippen molar-refractivity contribution in [3.8, 4) is 5.75 Å². The van der Waals surface area contributed by atoms with Gasteiger partial charge in [0, 0.05) is 19.0 Å². The number of benzene rings is 1. The van der Waals surface area contributed by atoms with Gasteiger partial charge in [-0.25, -0.2) is 0 Å². The van der Waals surface area contributed by atoms with Gasteiger partial charge in [-0.3, -0.25) is 4.79 Å². The molecule has 1 N–H and O–H groups in total. The quantitative estimate of drug-likeness (QED) is 0.929. The van der Waals surface area contributed by atoms with Gasteiger partial charge >= 0.3 is 0 Å². The minimum Gasteiger partial charge on any atom is -0.484 e. The monoisotopic (exact) mass is 303 g/mol. The van der Waals surface area contributed by atoms with Crippen LogP contribution in [0, 0.1) is 18.8 Å². The van der Waals surface area contributed by atoms with Gasteiger partial charge in [-0.15, -0.1) is 0 Å². The molecule has 0 aromatic heterocycles. The van der Waals surface area contributed by atoms with Gasteiger partial charge in [-0.2, -0.15) is 0 Å². The van der Waals surface area contributed by atoms with E-state index in [0.717, 1.165) is 18.6 Å². The Morgan fingerprint density at radius 3 is 2.64 bits per heavy atom. The van der Waals surface area contributed by atoms with Crippen molar-refractivity contribution < 1.29 is 14.6 Å². The molecule has 2 fully saturated rings. The maximum Gasteiger partial charge on any atom is 0.260 e. The molecule has 2 aliphatic rings. The summed E-state index contributed by atoms with van der Waals surface area (Å²) in [5.41, 5.74) is 0.608. The van der Waals surface area contributed by atoms with Crippen LogP contribution in [0.4, 0.5) is 0 Å².